The number of halogens is 1. The molecule has 0 aliphatic heterocycles. The van der Waals surface area contributed by atoms with E-state index in [0.717, 1.165) is 12.1 Å². The van der Waals surface area contributed by atoms with Crippen LogP contribution in [0.3, 0.4) is 0 Å². The number of rotatable bonds is 5. The van der Waals surface area contributed by atoms with Gasteiger partial charge in [-0.25, -0.2) is 19.4 Å². The highest BCUT2D eigenvalue weighted by Crippen LogP contribution is 2.26. The quantitative estimate of drug-likeness (QED) is 0.663. The molecule has 1 atom stereocenters. The molecule has 1 N–H and O–H groups in total. The van der Waals surface area contributed by atoms with Crippen LogP contribution in [0.4, 0.5) is 14.0 Å². The van der Waals surface area contributed by atoms with Crippen molar-refractivity contribution in [2.45, 2.75) is 26.3 Å². The van der Waals surface area contributed by atoms with E-state index in [-0.39, 0.29) is 13.2 Å². The molecule has 0 saturated heterocycles. The van der Waals surface area contributed by atoms with Crippen molar-refractivity contribution in [3.8, 4) is 0 Å². The highest BCUT2D eigenvalue weighted by atomic mass is 19.1. The van der Waals surface area contributed by atoms with Crippen LogP contribution >= 0.6 is 0 Å². The molecule has 0 aliphatic carbocycles. The Kier molecular flexibility index (Phi) is 6.49. The molecule has 1 rings (SSSR count). The van der Waals surface area contributed by atoms with Gasteiger partial charge in [0.25, 0.3) is 0 Å². The first-order valence-electron chi connectivity index (χ1n) is 7.01. The van der Waals surface area contributed by atoms with E-state index in [1.807, 2.05) is 0 Å². The van der Waals surface area contributed by atoms with Gasteiger partial charge in [-0.1, -0.05) is 12.1 Å². The molecular formula is C15H19FN2O5. The number of nitrogens with one attached hydrogen (secondary N) is 1. The first-order chi connectivity index (χ1) is 10.9. The Hall–Kier alpha value is -2.64. The number of hydrazine groups is 1. The summed E-state index contributed by atoms with van der Waals surface area (Å²) in [6, 6.07) is 4.96. The van der Waals surface area contributed by atoms with Crippen LogP contribution in [-0.4, -0.2) is 36.7 Å². The van der Waals surface area contributed by atoms with E-state index in [1.165, 1.54) is 19.1 Å². The molecule has 1 aromatic carbocycles. The lowest BCUT2D eigenvalue weighted by Gasteiger charge is -2.35. The molecule has 0 heterocycles. The van der Waals surface area contributed by atoms with E-state index in [4.69, 9.17) is 9.47 Å². The predicted octanol–water partition coefficient (Wildman–Crippen LogP) is 2.36. The van der Waals surface area contributed by atoms with Crippen molar-refractivity contribution >= 4 is 18.5 Å². The SMILES string of the molecule is CCOC(=O)NN(C(=O)OCC)C(C)(C=O)c1ccc(F)cc1. The molecule has 0 fully saturated rings. The molecular weight excluding hydrogens is 307 g/mol. The van der Waals surface area contributed by atoms with Crippen LogP contribution in [0.15, 0.2) is 24.3 Å². The number of nitrogens with zero attached hydrogens (tertiary/aromatic N) is 1. The summed E-state index contributed by atoms with van der Waals surface area (Å²) >= 11 is 0. The van der Waals surface area contributed by atoms with Crippen molar-refractivity contribution in [2.75, 3.05) is 13.2 Å². The Morgan fingerprint density at radius 1 is 1.22 bits per heavy atom. The number of amides is 2. The Labute approximate surface area is 133 Å². The second-order valence-electron chi connectivity index (χ2n) is 4.64. The maximum atomic E-state index is 13.1. The molecule has 0 saturated carbocycles. The molecule has 1 aromatic rings. The van der Waals surface area contributed by atoms with Crippen LogP contribution in [0.1, 0.15) is 26.3 Å². The van der Waals surface area contributed by atoms with Gasteiger partial charge in [0.05, 0.1) is 13.2 Å². The third kappa shape index (κ3) is 4.41. The second-order valence-corrected chi connectivity index (χ2v) is 4.64. The van der Waals surface area contributed by atoms with Gasteiger partial charge in [-0.15, -0.1) is 0 Å². The normalized spacial score (nSPS) is 12.7. The molecule has 0 aromatic heterocycles. The summed E-state index contributed by atoms with van der Waals surface area (Å²) in [6.07, 6.45) is -1.42. The highest BCUT2D eigenvalue weighted by molar-refractivity contribution is 5.80. The molecule has 0 spiro atoms. The van der Waals surface area contributed by atoms with Gasteiger partial charge in [-0.3, -0.25) is 0 Å². The third-order valence-electron chi connectivity index (χ3n) is 3.05. The number of carbonyl (C=O) groups excluding carboxylic acids is 3. The Bertz CT molecular complexity index is 563. The van der Waals surface area contributed by atoms with Crippen LogP contribution < -0.4 is 5.43 Å². The smallest absolute Gasteiger partial charge is 0.430 e. The van der Waals surface area contributed by atoms with Crippen LogP contribution in [0.2, 0.25) is 0 Å². The maximum Gasteiger partial charge on any atom is 0.430 e. The summed E-state index contributed by atoms with van der Waals surface area (Å²) in [5.41, 5.74) is 0.866. The lowest BCUT2D eigenvalue weighted by Crippen LogP contribution is -2.58. The monoisotopic (exact) mass is 326 g/mol. The predicted molar refractivity (Wildman–Crippen MR) is 78.8 cm³/mol. The second kappa shape index (κ2) is 8.11. The van der Waals surface area contributed by atoms with Gasteiger partial charge < -0.3 is 14.3 Å². The number of carbonyl (C=O) groups is 3. The van der Waals surface area contributed by atoms with E-state index in [9.17, 15) is 18.8 Å². The van der Waals surface area contributed by atoms with Crippen molar-refractivity contribution in [1.82, 2.24) is 10.4 Å². The van der Waals surface area contributed by atoms with Crippen LogP contribution in [-0.2, 0) is 19.8 Å². The fraction of sp³-hybridized carbons (Fsp3) is 0.400. The number of benzene rings is 1. The summed E-state index contributed by atoms with van der Waals surface area (Å²) < 4.78 is 22.7. The fourth-order valence-corrected chi connectivity index (χ4v) is 1.83. The number of aldehydes is 1. The summed E-state index contributed by atoms with van der Waals surface area (Å²) in [4.78, 5) is 35.4. The zero-order chi connectivity index (χ0) is 17.5. The maximum absolute atomic E-state index is 13.1. The lowest BCUT2D eigenvalue weighted by atomic mass is 9.93. The van der Waals surface area contributed by atoms with E-state index >= 15 is 0 Å². The molecule has 7 nitrogen and oxygen atoms in total. The average molecular weight is 326 g/mol. The summed E-state index contributed by atoms with van der Waals surface area (Å²) in [5.74, 6) is -0.497. The Morgan fingerprint density at radius 3 is 2.26 bits per heavy atom. The van der Waals surface area contributed by atoms with Gasteiger partial charge in [-0.2, -0.15) is 5.01 Å². The van der Waals surface area contributed by atoms with Gasteiger partial charge in [0.15, 0.2) is 6.29 Å². The topological polar surface area (TPSA) is 84.9 Å². The molecule has 0 radical (unpaired) electrons. The van der Waals surface area contributed by atoms with Crippen LogP contribution in [0.5, 0.6) is 0 Å². The number of hydrogen-bond donors (Lipinski definition) is 1. The summed E-state index contributed by atoms with van der Waals surface area (Å²) in [5, 5.41) is 0.717. The first kappa shape index (κ1) is 18.4. The number of hydrogen-bond acceptors (Lipinski definition) is 5. The zero-order valence-corrected chi connectivity index (χ0v) is 13.2. The fourth-order valence-electron chi connectivity index (χ4n) is 1.83. The van der Waals surface area contributed by atoms with Gasteiger partial charge in [0, 0.05) is 0 Å². The summed E-state index contributed by atoms with van der Waals surface area (Å²) in [7, 11) is 0. The van der Waals surface area contributed by atoms with E-state index in [1.54, 1.807) is 13.8 Å². The first-order valence-corrected chi connectivity index (χ1v) is 7.01. The van der Waals surface area contributed by atoms with Gasteiger partial charge in [0.1, 0.15) is 11.4 Å². The third-order valence-corrected chi connectivity index (χ3v) is 3.05. The minimum Gasteiger partial charge on any atom is -0.449 e. The van der Waals surface area contributed by atoms with Gasteiger partial charge in [-0.05, 0) is 38.5 Å². The van der Waals surface area contributed by atoms with E-state index in [2.05, 4.69) is 5.43 Å². The molecule has 0 aliphatic rings. The van der Waals surface area contributed by atoms with Gasteiger partial charge in [0.2, 0.25) is 0 Å². The van der Waals surface area contributed by atoms with Crippen molar-refractivity contribution in [2.24, 2.45) is 0 Å². The Balaban J connectivity index is 3.22. The van der Waals surface area contributed by atoms with E-state index < -0.39 is 23.5 Å². The van der Waals surface area contributed by atoms with Crippen molar-refractivity contribution < 1.29 is 28.2 Å². The van der Waals surface area contributed by atoms with Crippen molar-refractivity contribution in [3.63, 3.8) is 0 Å². The average Bonchev–Trinajstić information content (AvgIpc) is 2.53. The molecule has 2 amide bonds. The molecule has 8 heteroatoms. The van der Waals surface area contributed by atoms with Gasteiger partial charge >= 0.3 is 12.2 Å². The minimum atomic E-state index is -1.60. The van der Waals surface area contributed by atoms with Crippen molar-refractivity contribution in [3.05, 3.63) is 35.6 Å². The standard InChI is InChI=1S/C15H19FN2O5/c1-4-22-13(20)17-18(14(21)23-5-2)15(3,10-19)11-6-8-12(16)9-7-11/h6-10H,4-5H2,1-3H3,(H,17,20). The van der Waals surface area contributed by atoms with Crippen LogP contribution in [0.25, 0.3) is 0 Å². The highest BCUT2D eigenvalue weighted by Gasteiger charge is 2.40. The number of ether oxygens (including phenoxy) is 2. The molecule has 23 heavy (non-hydrogen) atoms. The van der Waals surface area contributed by atoms with Crippen LogP contribution in [0, 0.1) is 5.82 Å². The molecule has 0 bridgehead atoms. The zero-order valence-electron chi connectivity index (χ0n) is 13.2. The van der Waals surface area contributed by atoms with Crippen molar-refractivity contribution in [1.29, 1.82) is 0 Å². The Morgan fingerprint density at radius 2 is 1.78 bits per heavy atom. The summed E-state index contributed by atoms with van der Waals surface area (Å²) in [6.45, 7) is 4.68. The largest absolute Gasteiger partial charge is 0.449 e. The minimum absolute atomic E-state index is 0.0399. The molecule has 126 valence electrons. The van der Waals surface area contributed by atoms with E-state index in [0.29, 0.717) is 16.9 Å². The lowest BCUT2D eigenvalue weighted by molar-refractivity contribution is -0.119. The molecule has 1 unspecified atom stereocenters.